The second kappa shape index (κ2) is 8.33. The smallest absolute Gasteiger partial charge is 0.254 e. The third-order valence-corrected chi connectivity index (χ3v) is 5.06. The number of H-pyrrole nitrogens is 1. The predicted octanol–water partition coefficient (Wildman–Crippen LogP) is 1.88. The number of hydrogen-bond acceptors (Lipinski definition) is 4. The summed E-state index contributed by atoms with van der Waals surface area (Å²) in [6, 6.07) is 3.83. The van der Waals surface area contributed by atoms with Crippen molar-refractivity contribution in [1.29, 1.82) is 0 Å². The Morgan fingerprint density at radius 1 is 1.36 bits per heavy atom. The maximum atomic E-state index is 14.1. The number of Topliss-reactive ketones (excluding diaryl/α,β-unsaturated/α-hetero) is 1. The van der Waals surface area contributed by atoms with Crippen molar-refractivity contribution in [2.45, 2.75) is 26.7 Å². The lowest BCUT2D eigenvalue weighted by Crippen LogP contribution is -2.34. The molecule has 2 aromatic rings. The average molecular weight is 386 g/mol. The first kappa shape index (κ1) is 19.7. The second-order valence-corrected chi connectivity index (χ2v) is 7.11. The first-order chi connectivity index (χ1) is 13.3. The van der Waals surface area contributed by atoms with Crippen molar-refractivity contribution < 1.29 is 18.8 Å². The lowest BCUT2D eigenvalue weighted by Gasteiger charge is -2.16. The van der Waals surface area contributed by atoms with Crippen molar-refractivity contribution in [3.63, 3.8) is 0 Å². The van der Waals surface area contributed by atoms with E-state index >= 15 is 0 Å². The number of nitrogens with one attached hydrogen (secondary N) is 2. The fourth-order valence-electron chi connectivity index (χ4n) is 3.30. The normalized spacial score (nSPS) is 16.2. The van der Waals surface area contributed by atoms with Crippen LogP contribution in [0.2, 0.25) is 0 Å². The summed E-state index contributed by atoms with van der Waals surface area (Å²) in [4.78, 5) is 44.8. The fourth-order valence-corrected chi connectivity index (χ4v) is 3.30. The predicted molar refractivity (Wildman–Crippen MR) is 100 cm³/mol. The van der Waals surface area contributed by atoms with Gasteiger partial charge in [-0.2, -0.15) is 0 Å². The highest BCUT2D eigenvalue weighted by Gasteiger charge is 2.27. The molecule has 0 radical (unpaired) electrons. The third-order valence-electron chi connectivity index (χ3n) is 5.06. The van der Waals surface area contributed by atoms with E-state index in [2.05, 4.69) is 15.3 Å². The highest BCUT2D eigenvalue weighted by molar-refractivity contribution is 5.98. The van der Waals surface area contributed by atoms with Gasteiger partial charge in [-0.3, -0.25) is 14.4 Å². The summed E-state index contributed by atoms with van der Waals surface area (Å²) in [6.45, 7) is 4.76. The maximum absolute atomic E-state index is 14.1. The van der Waals surface area contributed by atoms with E-state index < -0.39 is 11.7 Å². The molecule has 2 N–H and O–H groups in total. The number of hydrogen-bond donors (Lipinski definition) is 2. The van der Waals surface area contributed by atoms with E-state index in [0.29, 0.717) is 19.6 Å². The maximum Gasteiger partial charge on any atom is 0.254 e. The van der Waals surface area contributed by atoms with Crippen LogP contribution in [0.15, 0.2) is 24.5 Å². The molecule has 1 aliphatic heterocycles. The van der Waals surface area contributed by atoms with E-state index in [0.717, 1.165) is 23.9 Å². The second-order valence-electron chi connectivity index (χ2n) is 7.11. The molecule has 7 nitrogen and oxygen atoms in total. The number of ketones is 1. The van der Waals surface area contributed by atoms with Crippen LogP contribution in [-0.4, -0.2) is 52.1 Å². The number of carbonyl (C=O) groups excluding carboxylic acids is 3. The molecule has 1 aliphatic rings. The Morgan fingerprint density at radius 2 is 2.14 bits per heavy atom. The van der Waals surface area contributed by atoms with Gasteiger partial charge < -0.3 is 15.2 Å². The molecule has 1 fully saturated rings. The number of aromatic nitrogens is 2. The summed E-state index contributed by atoms with van der Waals surface area (Å²) in [6.07, 6.45) is 2.60. The standard InChI is InChI=1S/C20H23FN4O3/c1-12-18(24-11-23-12)8-19(27)25-6-5-14(10-25)9-22-20(28)16-4-3-15(13(2)26)7-17(16)21/h3-4,7,11,14H,5-6,8-10H2,1-2H3,(H,22,28)(H,23,24). The number of nitrogens with zero attached hydrogens (tertiary/aromatic N) is 2. The number of likely N-dealkylation sites (tertiary alicyclic amines) is 1. The highest BCUT2D eigenvalue weighted by Crippen LogP contribution is 2.18. The molecule has 2 amide bonds. The van der Waals surface area contributed by atoms with Crippen LogP contribution < -0.4 is 5.32 Å². The minimum atomic E-state index is -0.720. The summed E-state index contributed by atoms with van der Waals surface area (Å²) in [5, 5.41) is 2.73. The first-order valence-corrected chi connectivity index (χ1v) is 9.20. The molecule has 1 aromatic heterocycles. The van der Waals surface area contributed by atoms with Crippen LogP contribution >= 0.6 is 0 Å². The molecule has 0 bridgehead atoms. The number of rotatable bonds is 6. The molecule has 1 atom stereocenters. The third kappa shape index (κ3) is 4.44. The quantitative estimate of drug-likeness (QED) is 0.741. The molecule has 3 rings (SSSR count). The number of carbonyl (C=O) groups is 3. The van der Waals surface area contributed by atoms with Gasteiger partial charge in [-0.25, -0.2) is 9.37 Å². The van der Waals surface area contributed by atoms with Gasteiger partial charge in [0.1, 0.15) is 5.82 Å². The zero-order valence-corrected chi connectivity index (χ0v) is 15.9. The van der Waals surface area contributed by atoms with Crippen LogP contribution in [0.4, 0.5) is 4.39 Å². The van der Waals surface area contributed by atoms with Gasteiger partial charge >= 0.3 is 0 Å². The molecule has 2 heterocycles. The number of amides is 2. The molecule has 1 saturated heterocycles. The molecule has 0 spiro atoms. The SMILES string of the molecule is CC(=O)c1ccc(C(=O)NCC2CCN(C(=O)Cc3nc[nH]c3C)C2)c(F)c1. The number of benzene rings is 1. The van der Waals surface area contributed by atoms with Crippen LogP contribution in [0.3, 0.4) is 0 Å². The zero-order chi connectivity index (χ0) is 20.3. The van der Waals surface area contributed by atoms with Crippen LogP contribution in [0.5, 0.6) is 0 Å². The molecule has 1 unspecified atom stereocenters. The van der Waals surface area contributed by atoms with Gasteiger partial charge in [0.2, 0.25) is 5.91 Å². The Balaban J connectivity index is 1.50. The van der Waals surface area contributed by atoms with Gasteiger partial charge in [-0.1, -0.05) is 6.07 Å². The van der Waals surface area contributed by atoms with Crippen molar-refractivity contribution in [2.75, 3.05) is 19.6 Å². The molecular weight excluding hydrogens is 363 g/mol. The van der Waals surface area contributed by atoms with Crippen LogP contribution in [0, 0.1) is 18.7 Å². The number of aryl methyl sites for hydroxylation is 1. The van der Waals surface area contributed by atoms with Gasteiger partial charge in [0.25, 0.3) is 5.91 Å². The van der Waals surface area contributed by atoms with E-state index in [1.807, 2.05) is 6.92 Å². The molecule has 0 saturated carbocycles. The zero-order valence-electron chi connectivity index (χ0n) is 15.9. The molecular formula is C20H23FN4O3. The monoisotopic (exact) mass is 386 g/mol. The number of aromatic amines is 1. The Kier molecular flexibility index (Phi) is 5.87. The lowest BCUT2D eigenvalue weighted by atomic mass is 10.1. The Morgan fingerprint density at radius 3 is 2.79 bits per heavy atom. The average Bonchev–Trinajstić information content (AvgIpc) is 3.29. The molecule has 1 aromatic carbocycles. The summed E-state index contributed by atoms with van der Waals surface area (Å²) in [5.74, 6) is -1.37. The Bertz CT molecular complexity index is 909. The van der Waals surface area contributed by atoms with E-state index in [9.17, 15) is 18.8 Å². The number of imidazole rings is 1. The number of halogens is 1. The lowest BCUT2D eigenvalue weighted by molar-refractivity contribution is -0.129. The minimum Gasteiger partial charge on any atom is -0.352 e. The van der Waals surface area contributed by atoms with Crippen LogP contribution in [0.25, 0.3) is 0 Å². The van der Waals surface area contributed by atoms with Gasteiger partial charge in [0.15, 0.2) is 5.78 Å². The molecule has 28 heavy (non-hydrogen) atoms. The van der Waals surface area contributed by atoms with Gasteiger partial charge in [0, 0.05) is 30.9 Å². The largest absolute Gasteiger partial charge is 0.352 e. The summed E-state index contributed by atoms with van der Waals surface area (Å²) < 4.78 is 14.1. The summed E-state index contributed by atoms with van der Waals surface area (Å²) >= 11 is 0. The molecule has 148 valence electrons. The minimum absolute atomic E-state index is 0.00916. The Labute approximate surface area is 162 Å². The van der Waals surface area contributed by atoms with Crippen molar-refractivity contribution in [3.05, 3.63) is 52.9 Å². The van der Waals surface area contributed by atoms with E-state index in [-0.39, 0.29) is 35.2 Å². The van der Waals surface area contributed by atoms with E-state index in [4.69, 9.17) is 0 Å². The van der Waals surface area contributed by atoms with Gasteiger partial charge in [-0.15, -0.1) is 0 Å². The van der Waals surface area contributed by atoms with Gasteiger partial charge in [0.05, 0.1) is 24.0 Å². The summed E-state index contributed by atoms with van der Waals surface area (Å²) in [5.41, 5.74) is 1.76. The van der Waals surface area contributed by atoms with Crippen molar-refractivity contribution in [3.8, 4) is 0 Å². The first-order valence-electron chi connectivity index (χ1n) is 9.20. The van der Waals surface area contributed by atoms with E-state index in [1.54, 1.807) is 11.2 Å². The topological polar surface area (TPSA) is 95.2 Å². The van der Waals surface area contributed by atoms with Crippen LogP contribution in [0.1, 0.15) is 45.4 Å². The highest BCUT2D eigenvalue weighted by atomic mass is 19.1. The molecule has 8 heteroatoms. The summed E-state index contributed by atoms with van der Waals surface area (Å²) in [7, 11) is 0. The molecule has 0 aliphatic carbocycles. The van der Waals surface area contributed by atoms with Crippen molar-refractivity contribution in [2.24, 2.45) is 5.92 Å². The van der Waals surface area contributed by atoms with Crippen molar-refractivity contribution in [1.82, 2.24) is 20.2 Å². The fraction of sp³-hybridized carbons (Fsp3) is 0.400. The van der Waals surface area contributed by atoms with Crippen LogP contribution in [-0.2, 0) is 11.2 Å². The van der Waals surface area contributed by atoms with Gasteiger partial charge in [-0.05, 0) is 38.3 Å². The Hall–Kier alpha value is -3.03. The van der Waals surface area contributed by atoms with Crippen molar-refractivity contribution >= 4 is 17.6 Å². The van der Waals surface area contributed by atoms with E-state index in [1.165, 1.54) is 19.1 Å².